The van der Waals surface area contributed by atoms with Crippen LogP contribution in [0.2, 0.25) is 0 Å². The Morgan fingerprint density at radius 1 is 0.650 bits per heavy atom. The van der Waals surface area contributed by atoms with Gasteiger partial charge in [0.2, 0.25) is 0 Å². The van der Waals surface area contributed by atoms with Crippen LogP contribution in [-0.4, -0.2) is 31.9 Å². The number of benzene rings is 2. The molecule has 6 heteroatoms. The molecule has 0 aliphatic carbocycles. The van der Waals surface area contributed by atoms with E-state index >= 15 is 0 Å². The zero-order valence-corrected chi connectivity index (χ0v) is 12.1. The van der Waals surface area contributed by atoms with Crippen molar-refractivity contribution in [2.24, 2.45) is 0 Å². The van der Waals surface area contributed by atoms with Gasteiger partial charge in [0, 0.05) is 11.5 Å². The van der Waals surface area contributed by atoms with E-state index in [1.54, 1.807) is 24.3 Å². The van der Waals surface area contributed by atoms with Gasteiger partial charge in [0.1, 0.15) is 0 Å². The number of para-hydroxylation sites is 2. The molecule has 20 heavy (non-hydrogen) atoms. The fraction of sp³-hybridized carbons (Fsp3) is 0.143. The predicted molar refractivity (Wildman–Crippen MR) is 81.0 cm³/mol. The van der Waals surface area contributed by atoms with Gasteiger partial charge in [-0.3, -0.25) is 0 Å². The highest BCUT2D eigenvalue weighted by Gasteiger charge is 2.08. The van der Waals surface area contributed by atoms with Crippen LogP contribution in [0.4, 0.5) is 0 Å². The van der Waals surface area contributed by atoms with Crippen LogP contribution in [0.5, 0.6) is 23.0 Å². The third-order valence-electron chi connectivity index (χ3n) is 2.55. The molecule has 0 fully saturated rings. The van der Waals surface area contributed by atoms with Gasteiger partial charge in [0.05, 0.1) is 9.79 Å². The summed E-state index contributed by atoms with van der Waals surface area (Å²) in [5.74, 6) is 0.903. The summed E-state index contributed by atoms with van der Waals surface area (Å²) in [6, 6.07) is 9.67. The van der Waals surface area contributed by atoms with E-state index in [1.807, 2.05) is 0 Å². The van der Waals surface area contributed by atoms with Crippen molar-refractivity contribution in [2.75, 3.05) is 11.5 Å². The molecule has 0 heterocycles. The molecule has 0 saturated carbocycles. The van der Waals surface area contributed by atoms with Gasteiger partial charge in [-0.2, -0.15) is 0 Å². The van der Waals surface area contributed by atoms with Crippen LogP contribution in [-0.2, 0) is 0 Å². The quantitative estimate of drug-likeness (QED) is 0.385. The third kappa shape index (κ3) is 3.46. The standard InChI is InChI=1S/C14H14O4S2/c15-9-3-1-5-11(13(9)17)19-7-8-20-12-6-2-4-10(16)14(12)18/h1-6,15-18H,7-8H2. The second kappa shape index (κ2) is 6.67. The Morgan fingerprint density at radius 2 is 1.05 bits per heavy atom. The minimum Gasteiger partial charge on any atom is -0.504 e. The van der Waals surface area contributed by atoms with Gasteiger partial charge in [-0.05, 0) is 24.3 Å². The molecule has 2 rings (SSSR count). The molecular weight excluding hydrogens is 296 g/mol. The summed E-state index contributed by atoms with van der Waals surface area (Å²) in [6.07, 6.45) is 0. The normalized spacial score (nSPS) is 10.6. The van der Waals surface area contributed by atoms with Gasteiger partial charge in [-0.25, -0.2) is 0 Å². The summed E-state index contributed by atoms with van der Waals surface area (Å²) in [5.41, 5.74) is 0. The van der Waals surface area contributed by atoms with Gasteiger partial charge < -0.3 is 20.4 Å². The Balaban J connectivity index is 1.88. The Labute approximate surface area is 125 Å². The van der Waals surface area contributed by atoms with Crippen molar-refractivity contribution in [1.29, 1.82) is 0 Å². The average Bonchev–Trinajstić information content (AvgIpc) is 2.43. The first-order valence-electron chi connectivity index (χ1n) is 5.87. The van der Waals surface area contributed by atoms with Gasteiger partial charge >= 0.3 is 0 Å². The number of hydrogen-bond donors (Lipinski definition) is 4. The van der Waals surface area contributed by atoms with Crippen molar-refractivity contribution >= 4 is 23.5 Å². The summed E-state index contributed by atoms with van der Waals surface area (Å²) in [5, 5.41) is 38.0. The number of thioether (sulfide) groups is 2. The Hall–Kier alpha value is -1.66. The van der Waals surface area contributed by atoms with E-state index in [-0.39, 0.29) is 23.0 Å². The lowest BCUT2D eigenvalue weighted by molar-refractivity contribution is 0.395. The Bertz CT molecular complexity index is 548. The molecule has 0 aliphatic heterocycles. The van der Waals surface area contributed by atoms with Gasteiger partial charge in [-0.1, -0.05) is 12.1 Å². The van der Waals surface area contributed by atoms with Crippen LogP contribution in [0.3, 0.4) is 0 Å². The van der Waals surface area contributed by atoms with E-state index in [0.717, 1.165) is 0 Å². The summed E-state index contributed by atoms with van der Waals surface area (Å²) < 4.78 is 0. The molecule has 106 valence electrons. The van der Waals surface area contributed by atoms with Crippen LogP contribution >= 0.6 is 23.5 Å². The van der Waals surface area contributed by atoms with Crippen molar-refractivity contribution in [3.63, 3.8) is 0 Å². The molecule has 2 aromatic carbocycles. The second-order valence-electron chi connectivity index (χ2n) is 3.94. The van der Waals surface area contributed by atoms with Crippen molar-refractivity contribution in [3.05, 3.63) is 36.4 Å². The maximum Gasteiger partial charge on any atom is 0.171 e. The predicted octanol–water partition coefficient (Wildman–Crippen LogP) is 3.39. The van der Waals surface area contributed by atoms with Crippen molar-refractivity contribution in [2.45, 2.75) is 9.79 Å². The van der Waals surface area contributed by atoms with E-state index in [9.17, 15) is 20.4 Å². The number of phenols is 4. The van der Waals surface area contributed by atoms with E-state index in [2.05, 4.69) is 0 Å². The Kier molecular flexibility index (Phi) is 4.92. The first kappa shape index (κ1) is 14.7. The number of aromatic hydroxyl groups is 4. The topological polar surface area (TPSA) is 80.9 Å². The minimum absolute atomic E-state index is 0.109. The molecule has 0 unspecified atom stereocenters. The van der Waals surface area contributed by atoms with Crippen LogP contribution in [0.15, 0.2) is 46.2 Å². The van der Waals surface area contributed by atoms with E-state index in [0.29, 0.717) is 21.3 Å². The third-order valence-corrected chi connectivity index (χ3v) is 4.91. The zero-order chi connectivity index (χ0) is 14.5. The highest BCUT2D eigenvalue weighted by Crippen LogP contribution is 2.38. The van der Waals surface area contributed by atoms with Crippen molar-refractivity contribution < 1.29 is 20.4 Å². The highest BCUT2D eigenvalue weighted by molar-refractivity contribution is 8.03. The molecule has 0 radical (unpaired) electrons. The molecule has 0 saturated heterocycles. The minimum atomic E-state index is -0.131. The molecule has 0 amide bonds. The maximum absolute atomic E-state index is 9.64. The SMILES string of the molecule is Oc1cccc(SCCSc2cccc(O)c2O)c1O. The molecule has 0 spiro atoms. The first-order chi connectivity index (χ1) is 9.59. The maximum atomic E-state index is 9.64. The van der Waals surface area contributed by atoms with E-state index in [1.165, 1.54) is 35.7 Å². The summed E-state index contributed by atoms with van der Waals surface area (Å²) in [7, 11) is 0. The molecule has 0 atom stereocenters. The van der Waals surface area contributed by atoms with Crippen LogP contribution in [0.1, 0.15) is 0 Å². The van der Waals surface area contributed by atoms with Gasteiger partial charge in [-0.15, -0.1) is 23.5 Å². The fourth-order valence-electron chi connectivity index (χ4n) is 1.56. The second-order valence-corrected chi connectivity index (χ2v) is 6.22. The molecule has 4 N–H and O–H groups in total. The molecule has 0 bridgehead atoms. The van der Waals surface area contributed by atoms with E-state index in [4.69, 9.17) is 0 Å². The summed E-state index contributed by atoms with van der Waals surface area (Å²) in [4.78, 5) is 1.23. The number of phenolic OH excluding ortho intramolecular Hbond substituents is 4. The van der Waals surface area contributed by atoms with Gasteiger partial charge in [0.25, 0.3) is 0 Å². The van der Waals surface area contributed by atoms with Crippen LogP contribution in [0, 0.1) is 0 Å². The molecule has 0 aliphatic rings. The van der Waals surface area contributed by atoms with Gasteiger partial charge in [0.15, 0.2) is 23.0 Å². The highest BCUT2D eigenvalue weighted by atomic mass is 32.2. The average molecular weight is 310 g/mol. The summed E-state index contributed by atoms with van der Waals surface area (Å²) in [6.45, 7) is 0. The molecule has 4 nitrogen and oxygen atoms in total. The lowest BCUT2D eigenvalue weighted by Crippen LogP contribution is -1.85. The van der Waals surface area contributed by atoms with Crippen LogP contribution < -0.4 is 0 Å². The Morgan fingerprint density at radius 3 is 1.45 bits per heavy atom. The fourth-order valence-corrected chi connectivity index (χ4v) is 3.50. The monoisotopic (exact) mass is 310 g/mol. The van der Waals surface area contributed by atoms with E-state index < -0.39 is 0 Å². The number of rotatable bonds is 5. The molecule has 2 aromatic rings. The van der Waals surface area contributed by atoms with Crippen LogP contribution in [0.25, 0.3) is 0 Å². The lowest BCUT2D eigenvalue weighted by Gasteiger charge is -2.07. The molecular formula is C14H14O4S2. The number of hydrogen-bond acceptors (Lipinski definition) is 6. The smallest absolute Gasteiger partial charge is 0.171 e. The lowest BCUT2D eigenvalue weighted by atomic mass is 10.3. The van der Waals surface area contributed by atoms with Crippen molar-refractivity contribution in [3.8, 4) is 23.0 Å². The molecule has 0 aromatic heterocycles. The largest absolute Gasteiger partial charge is 0.504 e. The summed E-state index contributed by atoms with van der Waals surface area (Å²) >= 11 is 2.83. The first-order valence-corrected chi connectivity index (χ1v) is 7.84. The zero-order valence-electron chi connectivity index (χ0n) is 10.5. The van der Waals surface area contributed by atoms with Crippen molar-refractivity contribution in [1.82, 2.24) is 0 Å².